The summed E-state index contributed by atoms with van der Waals surface area (Å²) >= 11 is 0. The number of aromatic nitrogens is 7. The maximum atomic E-state index is 4.37. The van der Waals surface area contributed by atoms with E-state index in [4.69, 9.17) is 0 Å². The minimum Gasteiger partial charge on any atom is -0.338 e. The molecule has 0 aromatic carbocycles. The molecule has 4 heterocycles. The summed E-state index contributed by atoms with van der Waals surface area (Å²) in [4.78, 5) is 7.66. The van der Waals surface area contributed by atoms with Crippen molar-refractivity contribution in [3.8, 4) is 11.3 Å². The van der Waals surface area contributed by atoms with Gasteiger partial charge in [-0.3, -0.25) is 9.08 Å². The Bertz CT molecular complexity index is 895. The first kappa shape index (κ1) is 10.2. The van der Waals surface area contributed by atoms with Gasteiger partial charge >= 0.3 is 0 Å². The molecular weight excluding hydrogens is 242 g/mol. The van der Waals surface area contributed by atoms with Crippen LogP contribution >= 0.6 is 0 Å². The fourth-order valence-electron chi connectivity index (χ4n) is 2.30. The van der Waals surface area contributed by atoms with E-state index in [2.05, 4.69) is 25.3 Å². The van der Waals surface area contributed by atoms with Crippen molar-refractivity contribution in [2.75, 3.05) is 0 Å². The van der Waals surface area contributed by atoms with Gasteiger partial charge in [-0.15, -0.1) is 10.2 Å². The maximum absolute atomic E-state index is 4.37. The Balaban J connectivity index is 2.05. The first-order chi connectivity index (χ1) is 9.22. The molecule has 0 aliphatic rings. The number of aryl methyl sites for hydroxylation is 2. The summed E-state index contributed by atoms with van der Waals surface area (Å²) in [6.45, 7) is 1.93. The predicted molar refractivity (Wildman–Crippen MR) is 69.6 cm³/mol. The van der Waals surface area contributed by atoms with Crippen molar-refractivity contribution in [1.82, 2.24) is 34.3 Å². The minimum atomic E-state index is 0.752. The summed E-state index contributed by atoms with van der Waals surface area (Å²) < 4.78 is 3.76. The second-order valence-corrected chi connectivity index (χ2v) is 4.52. The lowest BCUT2D eigenvalue weighted by Gasteiger charge is -1.95. The number of fused-ring (bicyclic) bond motifs is 3. The second-order valence-electron chi connectivity index (χ2n) is 4.52. The first-order valence-corrected chi connectivity index (χ1v) is 5.91. The van der Waals surface area contributed by atoms with Crippen molar-refractivity contribution in [1.29, 1.82) is 0 Å². The van der Waals surface area contributed by atoms with Crippen molar-refractivity contribution in [2.24, 2.45) is 7.05 Å². The molecule has 4 rings (SSSR count). The van der Waals surface area contributed by atoms with E-state index in [9.17, 15) is 0 Å². The minimum absolute atomic E-state index is 0.752. The van der Waals surface area contributed by atoms with Crippen LogP contribution in [0.3, 0.4) is 0 Å². The summed E-state index contributed by atoms with van der Waals surface area (Å²) in [5, 5.41) is 12.3. The number of hydrogen-bond donors (Lipinski definition) is 1. The highest BCUT2D eigenvalue weighted by Crippen LogP contribution is 2.23. The average Bonchev–Trinajstić information content (AvgIpc) is 3.06. The zero-order chi connectivity index (χ0) is 13.0. The van der Waals surface area contributed by atoms with Crippen LogP contribution in [0.4, 0.5) is 0 Å². The molecule has 1 N–H and O–H groups in total. The standard InChI is InChI=1S/C12H11N7/c1-7-16-17-11-5-13-12-10(19(7)11)3-9(15-12)8-4-14-18(2)6-8/h3-6,15H,1-2H3. The Morgan fingerprint density at radius 2 is 2.11 bits per heavy atom. The molecule has 0 aliphatic heterocycles. The van der Waals surface area contributed by atoms with Crippen LogP contribution in [0.2, 0.25) is 0 Å². The lowest BCUT2D eigenvalue weighted by Crippen LogP contribution is -1.90. The number of H-pyrrole nitrogens is 1. The third kappa shape index (κ3) is 1.38. The summed E-state index contributed by atoms with van der Waals surface area (Å²) in [5.41, 5.74) is 4.55. The van der Waals surface area contributed by atoms with Gasteiger partial charge in [0.05, 0.1) is 23.6 Å². The molecule has 0 saturated carbocycles. The normalized spacial score (nSPS) is 11.7. The molecule has 4 aromatic heterocycles. The van der Waals surface area contributed by atoms with Gasteiger partial charge in [0.2, 0.25) is 0 Å². The van der Waals surface area contributed by atoms with Crippen LogP contribution < -0.4 is 0 Å². The predicted octanol–water partition coefficient (Wildman–Crippen LogP) is 1.31. The number of aromatic amines is 1. The Hall–Kier alpha value is -2.70. The number of nitrogens with one attached hydrogen (secondary N) is 1. The lowest BCUT2D eigenvalue weighted by atomic mass is 10.2. The molecule has 0 aliphatic carbocycles. The highest BCUT2D eigenvalue weighted by Gasteiger charge is 2.11. The molecule has 19 heavy (non-hydrogen) atoms. The van der Waals surface area contributed by atoms with Gasteiger partial charge in [-0.2, -0.15) is 5.10 Å². The Labute approximate surface area is 107 Å². The number of rotatable bonds is 1. The third-order valence-electron chi connectivity index (χ3n) is 3.19. The van der Waals surface area contributed by atoms with E-state index >= 15 is 0 Å². The summed E-state index contributed by atoms with van der Waals surface area (Å²) in [5.74, 6) is 0.846. The molecule has 0 radical (unpaired) electrons. The largest absolute Gasteiger partial charge is 0.338 e. The van der Waals surface area contributed by atoms with Crippen molar-refractivity contribution in [3.63, 3.8) is 0 Å². The van der Waals surface area contributed by atoms with Gasteiger partial charge < -0.3 is 4.98 Å². The highest BCUT2D eigenvalue weighted by atomic mass is 15.3. The summed E-state index contributed by atoms with van der Waals surface area (Å²) in [6.07, 6.45) is 5.49. The molecule has 0 fully saturated rings. The molecule has 0 bridgehead atoms. The molecule has 94 valence electrons. The maximum Gasteiger partial charge on any atom is 0.179 e. The number of nitrogens with zero attached hydrogens (tertiary/aromatic N) is 6. The van der Waals surface area contributed by atoms with Crippen LogP contribution in [0.1, 0.15) is 5.82 Å². The van der Waals surface area contributed by atoms with Crippen LogP contribution in [0, 0.1) is 6.92 Å². The highest BCUT2D eigenvalue weighted by molar-refractivity contribution is 5.81. The summed E-state index contributed by atoms with van der Waals surface area (Å²) in [6, 6.07) is 2.04. The van der Waals surface area contributed by atoms with Crippen molar-refractivity contribution in [2.45, 2.75) is 6.92 Å². The van der Waals surface area contributed by atoms with Crippen LogP contribution in [0.15, 0.2) is 24.7 Å². The Morgan fingerprint density at radius 3 is 2.89 bits per heavy atom. The zero-order valence-electron chi connectivity index (χ0n) is 10.5. The van der Waals surface area contributed by atoms with E-state index in [0.717, 1.165) is 33.9 Å². The monoisotopic (exact) mass is 253 g/mol. The van der Waals surface area contributed by atoms with Gasteiger partial charge in [-0.05, 0) is 13.0 Å². The van der Waals surface area contributed by atoms with E-state index < -0.39 is 0 Å². The van der Waals surface area contributed by atoms with Gasteiger partial charge in [-0.25, -0.2) is 4.98 Å². The van der Waals surface area contributed by atoms with Gasteiger partial charge in [0, 0.05) is 18.8 Å². The van der Waals surface area contributed by atoms with Gasteiger partial charge in [-0.1, -0.05) is 0 Å². The Kier molecular flexibility index (Phi) is 1.84. The molecule has 0 atom stereocenters. The fourth-order valence-corrected chi connectivity index (χ4v) is 2.30. The SMILES string of the molecule is Cc1nnc2cnc3[nH]c(-c4cnn(C)c4)cc3n12. The molecular formula is C12H11N7. The molecule has 0 amide bonds. The molecule has 4 aromatic rings. The van der Waals surface area contributed by atoms with Crippen molar-refractivity contribution in [3.05, 3.63) is 30.5 Å². The van der Waals surface area contributed by atoms with Gasteiger partial charge in [0.15, 0.2) is 11.3 Å². The first-order valence-electron chi connectivity index (χ1n) is 5.91. The molecule has 0 saturated heterocycles. The van der Waals surface area contributed by atoms with Crippen molar-refractivity contribution < 1.29 is 0 Å². The fraction of sp³-hybridized carbons (Fsp3) is 0.167. The van der Waals surface area contributed by atoms with Crippen LogP contribution in [-0.2, 0) is 7.05 Å². The molecule has 7 nitrogen and oxygen atoms in total. The van der Waals surface area contributed by atoms with Crippen LogP contribution in [-0.4, -0.2) is 34.3 Å². The molecule has 0 spiro atoms. The Morgan fingerprint density at radius 1 is 1.21 bits per heavy atom. The van der Waals surface area contributed by atoms with E-state index in [-0.39, 0.29) is 0 Å². The number of hydrogen-bond acceptors (Lipinski definition) is 4. The average molecular weight is 253 g/mol. The van der Waals surface area contributed by atoms with Crippen LogP contribution in [0.25, 0.3) is 28.1 Å². The summed E-state index contributed by atoms with van der Waals surface area (Å²) in [7, 11) is 1.90. The third-order valence-corrected chi connectivity index (χ3v) is 3.19. The van der Waals surface area contributed by atoms with E-state index in [1.54, 1.807) is 10.9 Å². The smallest absolute Gasteiger partial charge is 0.179 e. The molecule has 7 heteroatoms. The van der Waals surface area contributed by atoms with Gasteiger partial charge in [0.1, 0.15) is 5.82 Å². The lowest BCUT2D eigenvalue weighted by molar-refractivity contribution is 0.768. The van der Waals surface area contributed by atoms with E-state index in [1.165, 1.54) is 0 Å². The van der Waals surface area contributed by atoms with E-state index in [0.29, 0.717) is 0 Å². The van der Waals surface area contributed by atoms with E-state index in [1.807, 2.05) is 36.8 Å². The van der Waals surface area contributed by atoms with Crippen molar-refractivity contribution >= 4 is 16.8 Å². The van der Waals surface area contributed by atoms with Crippen LogP contribution in [0.5, 0.6) is 0 Å². The zero-order valence-corrected chi connectivity index (χ0v) is 10.5. The van der Waals surface area contributed by atoms with Gasteiger partial charge in [0.25, 0.3) is 0 Å². The quantitative estimate of drug-likeness (QED) is 0.555. The topological polar surface area (TPSA) is 76.7 Å². The second kappa shape index (κ2) is 3.41. The molecule has 0 unspecified atom stereocenters.